The van der Waals surface area contributed by atoms with E-state index in [2.05, 4.69) is 20.1 Å². The minimum atomic E-state index is -3.47. The average Bonchev–Trinajstić information content (AvgIpc) is 3.24. The van der Waals surface area contributed by atoms with E-state index < -0.39 is 10.0 Å². The topological polar surface area (TPSA) is 78.0 Å². The lowest BCUT2D eigenvalue weighted by molar-refractivity contribution is -0.00922. The van der Waals surface area contributed by atoms with Gasteiger partial charge < -0.3 is 15.0 Å². The van der Waals surface area contributed by atoms with Gasteiger partial charge in [0, 0.05) is 63.3 Å². The highest BCUT2D eigenvalue weighted by molar-refractivity contribution is 7.99. The molecule has 1 unspecified atom stereocenters. The van der Waals surface area contributed by atoms with Gasteiger partial charge in [-0.05, 0) is 31.4 Å². The second kappa shape index (κ2) is 9.07. The first-order valence-electron chi connectivity index (χ1n) is 10.3. The van der Waals surface area contributed by atoms with Gasteiger partial charge in [0.15, 0.2) is 0 Å². The van der Waals surface area contributed by atoms with Crippen molar-refractivity contribution in [2.45, 2.75) is 16.9 Å². The van der Waals surface area contributed by atoms with Crippen LogP contribution >= 0.6 is 11.8 Å². The molecular formula is C19H31N5O3S2. The van der Waals surface area contributed by atoms with Gasteiger partial charge in [0.1, 0.15) is 10.7 Å². The number of sulfonamides is 1. The van der Waals surface area contributed by atoms with Crippen LogP contribution < -0.4 is 5.32 Å². The number of pyridine rings is 1. The summed E-state index contributed by atoms with van der Waals surface area (Å²) in [5.74, 6) is 3.01. The molecule has 1 N–H and O–H groups in total. The summed E-state index contributed by atoms with van der Waals surface area (Å²) in [4.78, 5) is 9.38. The van der Waals surface area contributed by atoms with Gasteiger partial charge in [-0.15, -0.1) is 0 Å². The zero-order valence-electron chi connectivity index (χ0n) is 17.0. The van der Waals surface area contributed by atoms with E-state index in [0.717, 1.165) is 63.9 Å². The van der Waals surface area contributed by atoms with Crippen molar-refractivity contribution in [2.24, 2.45) is 0 Å². The lowest BCUT2D eigenvalue weighted by atomic mass is 9.95. The van der Waals surface area contributed by atoms with Crippen molar-refractivity contribution in [3.63, 3.8) is 0 Å². The third-order valence-electron chi connectivity index (χ3n) is 6.20. The average molecular weight is 442 g/mol. The number of thioether (sulfide) groups is 1. The smallest absolute Gasteiger partial charge is 0.244 e. The number of rotatable bonds is 6. The minimum absolute atomic E-state index is 0.126. The SMILES string of the molecule is CN1CCN(S(=O)(=O)c2ccc(NCC3(N4CCOCC4)CCSC3)nc2)CC1. The number of aromatic nitrogens is 1. The molecule has 0 bridgehead atoms. The van der Waals surface area contributed by atoms with Crippen molar-refractivity contribution >= 4 is 27.6 Å². The van der Waals surface area contributed by atoms with Crippen LogP contribution in [0.4, 0.5) is 5.82 Å². The number of anilines is 1. The molecule has 1 aromatic rings. The van der Waals surface area contributed by atoms with Crippen LogP contribution in [0, 0.1) is 0 Å². The van der Waals surface area contributed by atoms with Crippen LogP contribution in [0.15, 0.2) is 23.2 Å². The van der Waals surface area contributed by atoms with Crippen LogP contribution in [-0.2, 0) is 14.8 Å². The van der Waals surface area contributed by atoms with Crippen LogP contribution in [0.3, 0.4) is 0 Å². The van der Waals surface area contributed by atoms with Gasteiger partial charge in [-0.2, -0.15) is 16.1 Å². The molecule has 162 valence electrons. The van der Waals surface area contributed by atoms with Gasteiger partial charge in [-0.25, -0.2) is 13.4 Å². The highest BCUT2D eigenvalue weighted by Gasteiger charge is 2.40. The second-order valence-electron chi connectivity index (χ2n) is 8.07. The monoisotopic (exact) mass is 441 g/mol. The quantitative estimate of drug-likeness (QED) is 0.689. The molecule has 4 rings (SSSR count). The van der Waals surface area contributed by atoms with Gasteiger partial charge in [0.05, 0.1) is 13.2 Å². The van der Waals surface area contributed by atoms with Crippen molar-refractivity contribution < 1.29 is 13.2 Å². The van der Waals surface area contributed by atoms with E-state index in [9.17, 15) is 8.42 Å². The Balaban J connectivity index is 1.40. The summed E-state index contributed by atoms with van der Waals surface area (Å²) in [6, 6.07) is 3.46. The molecule has 10 heteroatoms. The van der Waals surface area contributed by atoms with E-state index in [1.54, 1.807) is 16.4 Å². The molecule has 8 nitrogen and oxygen atoms in total. The summed E-state index contributed by atoms with van der Waals surface area (Å²) >= 11 is 2.00. The molecule has 3 saturated heterocycles. The fraction of sp³-hybridized carbons (Fsp3) is 0.737. The van der Waals surface area contributed by atoms with Gasteiger partial charge in [-0.3, -0.25) is 4.90 Å². The molecular weight excluding hydrogens is 410 g/mol. The van der Waals surface area contributed by atoms with Crippen LogP contribution in [0.2, 0.25) is 0 Å². The summed E-state index contributed by atoms with van der Waals surface area (Å²) in [6.07, 6.45) is 2.64. The summed E-state index contributed by atoms with van der Waals surface area (Å²) in [5.41, 5.74) is 0.126. The molecule has 4 heterocycles. The van der Waals surface area contributed by atoms with Gasteiger partial charge >= 0.3 is 0 Å². The van der Waals surface area contributed by atoms with Gasteiger partial charge in [0.25, 0.3) is 0 Å². The molecule has 29 heavy (non-hydrogen) atoms. The first kappa shape index (κ1) is 21.3. The lowest BCUT2D eigenvalue weighted by Crippen LogP contribution is -2.57. The largest absolute Gasteiger partial charge is 0.379 e. The molecule has 1 atom stereocenters. The predicted molar refractivity (Wildman–Crippen MR) is 116 cm³/mol. The minimum Gasteiger partial charge on any atom is -0.379 e. The maximum atomic E-state index is 12.9. The van der Waals surface area contributed by atoms with Crippen LogP contribution in [0.25, 0.3) is 0 Å². The molecule has 0 amide bonds. The molecule has 3 aliphatic rings. The molecule has 0 aliphatic carbocycles. The molecule has 0 saturated carbocycles. The van der Waals surface area contributed by atoms with E-state index in [1.807, 2.05) is 18.8 Å². The van der Waals surface area contributed by atoms with Crippen molar-refractivity contribution in [3.8, 4) is 0 Å². The lowest BCUT2D eigenvalue weighted by Gasteiger charge is -2.43. The summed E-state index contributed by atoms with van der Waals surface area (Å²) < 4.78 is 32.8. The Labute approximate surface area is 178 Å². The Hall–Kier alpha value is -0.910. The number of morpholine rings is 1. The fourth-order valence-electron chi connectivity index (χ4n) is 4.20. The van der Waals surface area contributed by atoms with Crippen LogP contribution in [0.5, 0.6) is 0 Å². The Bertz CT molecular complexity index is 770. The Morgan fingerprint density at radius 1 is 1.17 bits per heavy atom. The fourth-order valence-corrected chi connectivity index (χ4v) is 7.05. The molecule has 1 aromatic heterocycles. The predicted octanol–water partition coefficient (Wildman–Crippen LogP) is 0.638. The zero-order valence-corrected chi connectivity index (χ0v) is 18.7. The van der Waals surface area contributed by atoms with Crippen molar-refractivity contribution in [1.29, 1.82) is 0 Å². The maximum absolute atomic E-state index is 12.9. The Kier molecular flexibility index (Phi) is 6.67. The third-order valence-corrected chi connectivity index (χ3v) is 9.32. The van der Waals surface area contributed by atoms with Crippen molar-refractivity contribution in [2.75, 3.05) is 82.9 Å². The molecule has 0 spiro atoms. The second-order valence-corrected chi connectivity index (χ2v) is 11.1. The van der Waals surface area contributed by atoms with Crippen molar-refractivity contribution in [3.05, 3.63) is 18.3 Å². The number of nitrogens with zero attached hydrogens (tertiary/aromatic N) is 4. The summed E-state index contributed by atoms with van der Waals surface area (Å²) in [7, 11) is -1.46. The normalized spacial score (nSPS) is 27.9. The third kappa shape index (κ3) is 4.72. The van der Waals surface area contributed by atoms with Crippen LogP contribution in [0.1, 0.15) is 6.42 Å². The number of ether oxygens (including phenoxy) is 1. The number of piperazine rings is 1. The summed E-state index contributed by atoms with van der Waals surface area (Å²) in [5, 5.41) is 3.47. The van der Waals surface area contributed by atoms with E-state index in [0.29, 0.717) is 13.1 Å². The zero-order chi connectivity index (χ0) is 20.3. The molecule has 0 radical (unpaired) electrons. The summed E-state index contributed by atoms with van der Waals surface area (Å²) in [6.45, 7) is 6.92. The number of hydrogen-bond acceptors (Lipinski definition) is 8. The van der Waals surface area contributed by atoms with E-state index in [4.69, 9.17) is 4.74 Å². The molecule has 3 fully saturated rings. The van der Waals surface area contributed by atoms with E-state index >= 15 is 0 Å². The standard InChI is InChI=1S/C19H31N5O3S2/c1-22-5-7-24(8-6-22)29(25,26)17-2-3-18(20-14-17)21-15-19(4-13-28-16-19)23-9-11-27-12-10-23/h2-3,14H,4-13,15-16H2,1H3,(H,20,21). The Morgan fingerprint density at radius 2 is 1.93 bits per heavy atom. The van der Waals surface area contributed by atoms with E-state index in [1.165, 1.54) is 11.9 Å². The van der Waals surface area contributed by atoms with Crippen molar-refractivity contribution in [1.82, 2.24) is 19.1 Å². The van der Waals surface area contributed by atoms with Gasteiger partial charge in [0.2, 0.25) is 10.0 Å². The molecule has 3 aliphatic heterocycles. The number of likely N-dealkylation sites (N-methyl/N-ethyl adjacent to an activating group) is 1. The Morgan fingerprint density at radius 3 is 2.55 bits per heavy atom. The first-order chi connectivity index (χ1) is 14.0. The number of hydrogen-bond donors (Lipinski definition) is 1. The maximum Gasteiger partial charge on any atom is 0.244 e. The molecule has 0 aromatic carbocycles. The number of nitrogens with one attached hydrogen (secondary N) is 1. The highest BCUT2D eigenvalue weighted by Crippen LogP contribution is 2.34. The van der Waals surface area contributed by atoms with Gasteiger partial charge in [-0.1, -0.05) is 0 Å². The highest BCUT2D eigenvalue weighted by atomic mass is 32.2. The first-order valence-corrected chi connectivity index (χ1v) is 12.9. The van der Waals surface area contributed by atoms with Crippen LogP contribution in [-0.4, -0.2) is 111 Å². The van der Waals surface area contributed by atoms with E-state index in [-0.39, 0.29) is 10.4 Å².